The number of benzene rings is 1. The van der Waals surface area contributed by atoms with Crippen molar-refractivity contribution in [2.45, 2.75) is 13.8 Å². The van der Waals surface area contributed by atoms with Gasteiger partial charge in [0.05, 0.1) is 17.6 Å². The summed E-state index contributed by atoms with van der Waals surface area (Å²) in [6.07, 6.45) is 2.99. The van der Waals surface area contributed by atoms with E-state index in [4.69, 9.17) is 0 Å². The van der Waals surface area contributed by atoms with Gasteiger partial charge in [-0.3, -0.25) is 14.6 Å². The highest BCUT2D eigenvalue weighted by molar-refractivity contribution is 5.94. The molecule has 3 aromatic rings. The molecule has 8 heteroatoms. The number of nitriles is 1. The number of carbonyl (C=O) groups excluding carboxylic acids is 1. The number of nitrogens with zero attached hydrogens (tertiary/aromatic N) is 5. The Morgan fingerprint density at radius 2 is 1.96 bits per heavy atom. The third kappa shape index (κ3) is 3.83. The summed E-state index contributed by atoms with van der Waals surface area (Å²) in [6.45, 7) is 3.41. The maximum Gasteiger partial charge on any atom is 0.292 e. The molecular weight excluding hydrogens is 356 g/mol. The number of aromatic nitrogens is 3. The molecule has 0 radical (unpaired) electrons. The number of nitrogens with one attached hydrogen (secondary N) is 1. The molecule has 1 aromatic carbocycles. The van der Waals surface area contributed by atoms with Gasteiger partial charge >= 0.3 is 0 Å². The van der Waals surface area contributed by atoms with Gasteiger partial charge in [0, 0.05) is 11.8 Å². The van der Waals surface area contributed by atoms with Gasteiger partial charge in [-0.1, -0.05) is 23.8 Å². The van der Waals surface area contributed by atoms with Crippen LogP contribution in [0.5, 0.6) is 0 Å². The molecule has 1 amide bonds. The lowest BCUT2D eigenvalue weighted by Gasteiger charge is -2.10. The van der Waals surface area contributed by atoms with Crippen molar-refractivity contribution in [2.24, 2.45) is 5.10 Å². The molecule has 28 heavy (non-hydrogen) atoms. The third-order valence-corrected chi connectivity index (χ3v) is 3.99. The predicted molar refractivity (Wildman–Crippen MR) is 103 cm³/mol. The molecule has 8 nitrogen and oxygen atoms in total. The minimum absolute atomic E-state index is 0.0603. The van der Waals surface area contributed by atoms with Crippen molar-refractivity contribution in [3.8, 4) is 11.8 Å². The van der Waals surface area contributed by atoms with E-state index < -0.39 is 11.5 Å². The van der Waals surface area contributed by atoms with Gasteiger partial charge in [-0.05, 0) is 38.1 Å². The minimum atomic E-state index is -0.637. The number of hydrogen-bond acceptors (Lipinski definition) is 6. The van der Waals surface area contributed by atoms with Gasteiger partial charge in [0.2, 0.25) is 0 Å². The fourth-order valence-corrected chi connectivity index (χ4v) is 2.48. The summed E-state index contributed by atoms with van der Waals surface area (Å²) in [7, 11) is 0. The lowest BCUT2D eigenvalue weighted by atomic mass is 10.1. The molecule has 0 unspecified atom stereocenters. The van der Waals surface area contributed by atoms with Crippen LogP contribution in [0.4, 0.5) is 0 Å². The summed E-state index contributed by atoms with van der Waals surface area (Å²) in [6, 6.07) is 14.2. The van der Waals surface area contributed by atoms with Gasteiger partial charge < -0.3 is 0 Å². The molecule has 1 N–H and O–H groups in total. The first-order chi connectivity index (χ1) is 13.5. The maximum absolute atomic E-state index is 12.6. The van der Waals surface area contributed by atoms with E-state index in [2.05, 4.69) is 20.6 Å². The lowest BCUT2D eigenvalue weighted by molar-refractivity contribution is 0.0947. The second-order valence-electron chi connectivity index (χ2n) is 5.97. The van der Waals surface area contributed by atoms with Crippen molar-refractivity contribution < 1.29 is 4.79 Å². The zero-order valence-corrected chi connectivity index (χ0v) is 15.2. The Morgan fingerprint density at radius 3 is 2.61 bits per heavy atom. The smallest absolute Gasteiger partial charge is 0.266 e. The largest absolute Gasteiger partial charge is 0.292 e. The van der Waals surface area contributed by atoms with Crippen LogP contribution in [0.25, 0.3) is 5.69 Å². The summed E-state index contributed by atoms with van der Waals surface area (Å²) in [5.41, 5.74) is 3.78. The molecule has 0 aliphatic rings. The van der Waals surface area contributed by atoms with Crippen molar-refractivity contribution in [1.29, 1.82) is 5.26 Å². The zero-order chi connectivity index (χ0) is 20.1. The molecule has 0 atom stereocenters. The van der Waals surface area contributed by atoms with Crippen LogP contribution in [0.15, 0.2) is 58.6 Å². The molecule has 0 saturated heterocycles. The summed E-state index contributed by atoms with van der Waals surface area (Å²) in [5.74, 6) is -0.637. The van der Waals surface area contributed by atoms with Gasteiger partial charge in [-0.25, -0.2) is 5.43 Å². The average molecular weight is 372 g/mol. The minimum Gasteiger partial charge on any atom is -0.266 e. The van der Waals surface area contributed by atoms with Gasteiger partial charge in [0.15, 0.2) is 5.69 Å². The van der Waals surface area contributed by atoms with Crippen LogP contribution in [0.1, 0.15) is 32.9 Å². The second kappa shape index (κ2) is 8.05. The van der Waals surface area contributed by atoms with E-state index in [1.165, 1.54) is 13.1 Å². The van der Waals surface area contributed by atoms with E-state index in [1.54, 1.807) is 36.5 Å². The topological polar surface area (TPSA) is 113 Å². The van der Waals surface area contributed by atoms with E-state index in [0.717, 1.165) is 10.2 Å². The van der Waals surface area contributed by atoms with Crippen LogP contribution in [0.3, 0.4) is 0 Å². The summed E-state index contributed by atoms with van der Waals surface area (Å²) < 4.78 is 1.04. The lowest BCUT2D eigenvalue weighted by Crippen LogP contribution is -2.31. The normalized spacial score (nSPS) is 10.6. The van der Waals surface area contributed by atoms with E-state index in [1.807, 2.05) is 25.1 Å². The van der Waals surface area contributed by atoms with Gasteiger partial charge in [0.1, 0.15) is 11.6 Å². The Hall–Kier alpha value is -4.12. The third-order valence-electron chi connectivity index (χ3n) is 3.99. The van der Waals surface area contributed by atoms with E-state index in [9.17, 15) is 14.9 Å². The quantitative estimate of drug-likeness (QED) is 0.555. The Morgan fingerprint density at radius 1 is 1.21 bits per heavy atom. The van der Waals surface area contributed by atoms with Crippen LogP contribution in [0, 0.1) is 25.2 Å². The van der Waals surface area contributed by atoms with Crippen LogP contribution in [0.2, 0.25) is 0 Å². The van der Waals surface area contributed by atoms with Gasteiger partial charge in [-0.15, -0.1) is 0 Å². The van der Waals surface area contributed by atoms with E-state index in [0.29, 0.717) is 11.4 Å². The predicted octanol–water partition coefficient (Wildman–Crippen LogP) is 1.88. The molecule has 2 aromatic heterocycles. The monoisotopic (exact) mass is 372 g/mol. The number of carbonyl (C=O) groups is 1. The first kappa shape index (κ1) is 18.7. The van der Waals surface area contributed by atoms with Crippen molar-refractivity contribution in [3.05, 3.63) is 87.1 Å². The first-order valence-corrected chi connectivity index (χ1v) is 8.37. The molecule has 3 rings (SSSR count). The fraction of sp³-hybridized carbons (Fsp3) is 0.100. The van der Waals surface area contributed by atoms with Crippen molar-refractivity contribution in [2.75, 3.05) is 0 Å². The summed E-state index contributed by atoms with van der Waals surface area (Å²) in [4.78, 5) is 29.2. The second-order valence-corrected chi connectivity index (χ2v) is 5.97. The average Bonchev–Trinajstić information content (AvgIpc) is 2.70. The highest BCUT2D eigenvalue weighted by Crippen LogP contribution is 2.11. The molecule has 138 valence electrons. The van der Waals surface area contributed by atoms with E-state index in [-0.39, 0.29) is 16.8 Å². The molecule has 0 aliphatic heterocycles. The number of amides is 1. The number of hydrazone groups is 1. The SMILES string of the molecule is Cc1ccc(-n2nc(C(=O)N/N=C\c3ccccn3)c(C)c(C#N)c2=O)cc1. The Balaban J connectivity index is 1.98. The summed E-state index contributed by atoms with van der Waals surface area (Å²) >= 11 is 0. The Bertz CT molecular complexity index is 1140. The Labute approximate surface area is 160 Å². The fourth-order valence-electron chi connectivity index (χ4n) is 2.48. The van der Waals surface area contributed by atoms with Gasteiger partial charge in [-0.2, -0.15) is 20.1 Å². The van der Waals surface area contributed by atoms with Crippen LogP contribution < -0.4 is 11.0 Å². The molecule has 0 fully saturated rings. The van der Waals surface area contributed by atoms with Gasteiger partial charge in [0.25, 0.3) is 11.5 Å². The molecule has 0 spiro atoms. The van der Waals surface area contributed by atoms with Crippen molar-refractivity contribution in [1.82, 2.24) is 20.2 Å². The standard InChI is InChI=1S/C20H16N6O2/c1-13-6-8-16(9-7-13)26-20(28)17(11-21)14(2)18(25-26)19(27)24-23-12-15-5-3-4-10-22-15/h3-10,12H,1-2H3,(H,24,27)/b23-12-. The number of pyridine rings is 1. The number of hydrogen-bond donors (Lipinski definition) is 1. The molecular formula is C20H16N6O2. The number of aryl methyl sites for hydroxylation is 1. The number of rotatable bonds is 4. The molecule has 2 heterocycles. The molecule has 0 bridgehead atoms. The van der Waals surface area contributed by atoms with Crippen molar-refractivity contribution in [3.63, 3.8) is 0 Å². The van der Waals surface area contributed by atoms with E-state index >= 15 is 0 Å². The zero-order valence-electron chi connectivity index (χ0n) is 15.2. The highest BCUT2D eigenvalue weighted by Gasteiger charge is 2.20. The first-order valence-electron chi connectivity index (χ1n) is 8.37. The van der Waals surface area contributed by atoms with Crippen molar-refractivity contribution >= 4 is 12.1 Å². The highest BCUT2D eigenvalue weighted by atomic mass is 16.2. The molecule has 0 saturated carbocycles. The van der Waals surface area contributed by atoms with Crippen LogP contribution in [-0.4, -0.2) is 26.9 Å². The Kier molecular flexibility index (Phi) is 5.37. The van der Waals surface area contributed by atoms with Crippen LogP contribution in [-0.2, 0) is 0 Å². The van der Waals surface area contributed by atoms with Crippen LogP contribution >= 0.6 is 0 Å². The molecule has 0 aliphatic carbocycles. The maximum atomic E-state index is 12.6. The summed E-state index contributed by atoms with van der Waals surface area (Å²) in [5, 5.41) is 17.4.